The van der Waals surface area contributed by atoms with Gasteiger partial charge in [0, 0.05) is 10.8 Å². The number of carbonyl (C=O) groups is 1. The summed E-state index contributed by atoms with van der Waals surface area (Å²) in [7, 11) is 0. The lowest BCUT2D eigenvalue weighted by molar-refractivity contribution is -0.124. The minimum absolute atomic E-state index is 0.269. The topological polar surface area (TPSA) is 37.3 Å². The van der Waals surface area contributed by atoms with Gasteiger partial charge in [0.2, 0.25) is 0 Å². The Morgan fingerprint density at radius 1 is 1.20 bits per heavy atom. The Hall–Kier alpha value is -0.370. The van der Waals surface area contributed by atoms with Gasteiger partial charge in [-0.05, 0) is 24.7 Å². The van der Waals surface area contributed by atoms with Gasteiger partial charge >= 0.3 is 0 Å². The number of aliphatic hydroxyl groups excluding tert-OH is 1. The second-order valence-electron chi connectivity index (χ2n) is 6.12. The molecule has 0 aromatic carbocycles. The van der Waals surface area contributed by atoms with E-state index in [4.69, 9.17) is 0 Å². The minimum atomic E-state index is -0.336. The average Bonchev–Trinajstić information content (AvgIpc) is 2.40. The predicted molar refractivity (Wildman–Crippen MR) is 59.4 cm³/mol. The molecule has 86 valence electrons. The van der Waals surface area contributed by atoms with Crippen molar-refractivity contribution >= 4 is 6.29 Å². The highest BCUT2D eigenvalue weighted by atomic mass is 16.3. The van der Waals surface area contributed by atoms with Crippen molar-refractivity contribution in [3.05, 3.63) is 0 Å². The molecule has 0 aliphatic heterocycles. The lowest BCUT2D eigenvalue weighted by atomic mass is 9.64. The Kier molecular flexibility index (Phi) is 2.45. The smallest absolute Gasteiger partial charge is 0.126 e. The monoisotopic (exact) mass is 210 g/mol. The molecular formula is C13H22O2. The van der Waals surface area contributed by atoms with Crippen LogP contribution in [0.5, 0.6) is 0 Å². The van der Waals surface area contributed by atoms with Crippen LogP contribution in [0.15, 0.2) is 0 Å². The summed E-state index contributed by atoms with van der Waals surface area (Å²) in [4.78, 5) is 11.4. The van der Waals surface area contributed by atoms with E-state index >= 15 is 0 Å². The molecule has 0 aromatic rings. The van der Waals surface area contributed by atoms with E-state index in [9.17, 15) is 9.90 Å². The van der Waals surface area contributed by atoms with E-state index in [1.54, 1.807) is 0 Å². The maximum absolute atomic E-state index is 11.4. The first-order valence-corrected chi connectivity index (χ1v) is 6.09. The zero-order valence-electron chi connectivity index (χ0n) is 9.99. The Bertz CT molecular complexity index is 272. The van der Waals surface area contributed by atoms with Crippen molar-refractivity contribution in [1.29, 1.82) is 0 Å². The zero-order valence-corrected chi connectivity index (χ0v) is 9.99. The minimum Gasteiger partial charge on any atom is -0.392 e. The van der Waals surface area contributed by atoms with Crippen LogP contribution in [-0.4, -0.2) is 17.5 Å². The van der Waals surface area contributed by atoms with Crippen molar-refractivity contribution in [2.24, 2.45) is 22.7 Å². The third kappa shape index (κ3) is 1.24. The first-order chi connectivity index (χ1) is 6.95. The Morgan fingerprint density at radius 2 is 1.80 bits per heavy atom. The van der Waals surface area contributed by atoms with Gasteiger partial charge in [-0.3, -0.25) is 0 Å². The fourth-order valence-electron chi connectivity index (χ4n) is 3.85. The fourth-order valence-corrected chi connectivity index (χ4v) is 3.85. The maximum Gasteiger partial charge on any atom is 0.126 e. The van der Waals surface area contributed by atoms with Gasteiger partial charge in [0.25, 0.3) is 0 Å². The number of aldehydes is 1. The van der Waals surface area contributed by atoms with Crippen molar-refractivity contribution in [3.8, 4) is 0 Å². The molecule has 0 saturated heterocycles. The second kappa shape index (κ2) is 3.31. The molecule has 2 fully saturated rings. The summed E-state index contributed by atoms with van der Waals surface area (Å²) >= 11 is 0. The third-order valence-corrected chi connectivity index (χ3v) is 5.37. The van der Waals surface area contributed by atoms with E-state index in [1.165, 1.54) is 12.8 Å². The van der Waals surface area contributed by atoms with E-state index < -0.39 is 0 Å². The largest absolute Gasteiger partial charge is 0.392 e. The molecular weight excluding hydrogens is 188 g/mol. The van der Waals surface area contributed by atoms with Crippen LogP contribution in [-0.2, 0) is 4.79 Å². The molecule has 0 radical (unpaired) electrons. The van der Waals surface area contributed by atoms with E-state index in [-0.39, 0.29) is 16.9 Å². The molecule has 0 amide bonds. The first-order valence-electron chi connectivity index (χ1n) is 6.09. The van der Waals surface area contributed by atoms with Crippen LogP contribution in [0, 0.1) is 22.7 Å². The van der Waals surface area contributed by atoms with Gasteiger partial charge in [-0.2, -0.15) is 0 Å². The van der Waals surface area contributed by atoms with Gasteiger partial charge in [-0.15, -0.1) is 0 Å². The highest BCUT2D eigenvalue weighted by Crippen LogP contribution is 2.61. The third-order valence-electron chi connectivity index (χ3n) is 5.37. The summed E-state index contributed by atoms with van der Waals surface area (Å²) in [5, 5.41) is 10.4. The van der Waals surface area contributed by atoms with Crippen LogP contribution < -0.4 is 0 Å². The van der Waals surface area contributed by atoms with Crippen LogP contribution >= 0.6 is 0 Å². The molecule has 15 heavy (non-hydrogen) atoms. The molecule has 2 nitrogen and oxygen atoms in total. The molecule has 2 heteroatoms. The number of hydrogen-bond acceptors (Lipinski definition) is 2. The van der Waals surface area contributed by atoms with Gasteiger partial charge in [0.1, 0.15) is 6.29 Å². The summed E-state index contributed by atoms with van der Waals surface area (Å²) in [5.74, 6) is 0.748. The van der Waals surface area contributed by atoms with Gasteiger partial charge in [0.05, 0.1) is 6.10 Å². The molecule has 2 saturated carbocycles. The molecule has 2 rings (SSSR count). The molecule has 2 aliphatic rings. The van der Waals surface area contributed by atoms with E-state index in [0.29, 0.717) is 11.8 Å². The summed E-state index contributed by atoms with van der Waals surface area (Å²) in [6.07, 6.45) is 5.43. The van der Waals surface area contributed by atoms with Crippen LogP contribution in [0.4, 0.5) is 0 Å². The van der Waals surface area contributed by atoms with Gasteiger partial charge in [-0.1, -0.05) is 33.6 Å². The fraction of sp³-hybridized carbons (Fsp3) is 0.923. The number of hydrogen-bond donors (Lipinski definition) is 1. The molecule has 4 atom stereocenters. The van der Waals surface area contributed by atoms with E-state index in [0.717, 1.165) is 19.1 Å². The summed E-state index contributed by atoms with van der Waals surface area (Å²) in [5.41, 5.74) is -0.605. The highest BCUT2D eigenvalue weighted by molar-refractivity contribution is 5.62. The number of carbonyl (C=O) groups excluding carboxylic acids is 1. The zero-order chi connectivity index (χ0) is 11.3. The quantitative estimate of drug-likeness (QED) is 0.675. The van der Waals surface area contributed by atoms with Crippen LogP contribution in [0.2, 0.25) is 0 Å². The highest BCUT2D eigenvalue weighted by Gasteiger charge is 2.62. The van der Waals surface area contributed by atoms with Gasteiger partial charge in [-0.25, -0.2) is 0 Å². The van der Waals surface area contributed by atoms with Crippen molar-refractivity contribution in [1.82, 2.24) is 0 Å². The normalized spacial score (nSPS) is 48.7. The Balaban J connectivity index is 2.41. The summed E-state index contributed by atoms with van der Waals surface area (Å²) < 4.78 is 0. The Morgan fingerprint density at radius 3 is 2.40 bits per heavy atom. The van der Waals surface area contributed by atoms with Crippen LogP contribution in [0.1, 0.15) is 46.5 Å². The average molecular weight is 210 g/mol. The Labute approximate surface area is 92.1 Å². The first kappa shape index (κ1) is 11.1. The van der Waals surface area contributed by atoms with Gasteiger partial charge in [0.15, 0.2) is 0 Å². The number of fused-ring (bicyclic) bond motifs is 1. The molecule has 2 aliphatic carbocycles. The molecule has 0 heterocycles. The summed E-state index contributed by atoms with van der Waals surface area (Å²) in [6.45, 7) is 6.13. The maximum atomic E-state index is 11.4. The van der Waals surface area contributed by atoms with Crippen LogP contribution in [0.3, 0.4) is 0 Å². The van der Waals surface area contributed by atoms with Crippen molar-refractivity contribution in [2.75, 3.05) is 0 Å². The molecule has 1 N–H and O–H groups in total. The van der Waals surface area contributed by atoms with Crippen molar-refractivity contribution < 1.29 is 9.90 Å². The van der Waals surface area contributed by atoms with E-state index in [1.807, 2.05) is 20.8 Å². The van der Waals surface area contributed by atoms with Gasteiger partial charge < -0.3 is 9.90 Å². The standard InChI is InChI=1S/C13H22O2/c1-12(2)11(15)9-6-4-5-7-10(9)13(12,3)8-14/h8-11,15H,4-7H2,1-3H3/t9?,10?,11-,13+/m0/s1. The number of aliphatic hydroxyl groups is 1. The lowest BCUT2D eigenvalue weighted by Crippen LogP contribution is -2.40. The van der Waals surface area contributed by atoms with Crippen molar-refractivity contribution in [2.45, 2.75) is 52.6 Å². The predicted octanol–water partition coefficient (Wildman–Crippen LogP) is 2.40. The lowest BCUT2D eigenvalue weighted by Gasteiger charge is -2.39. The molecule has 0 bridgehead atoms. The molecule has 0 spiro atoms. The van der Waals surface area contributed by atoms with E-state index in [2.05, 4.69) is 0 Å². The SMILES string of the molecule is CC1(C)[C@@H](O)C2CCCCC2[C@@]1(C)C=O. The second-order valence-corrected chi connectivity index (χ2v) is 6.12. The van der Waals surface area contributed by atoms with Crippen LogP contribution in [0.25, 0.3) is 0 Å². The van der Waals surface area contributed by atoms with Crippen molar-refractivity contribution in [3.63, 3.8) is 0 Å². The summed E-state index contributed by atoms with van der Waals surface area (Å²) in [6, 6.07) is 0. The molecule has 0 aromatic heterocycles. The number of rotatable bonds is 1. The molecule has 2 unspecified atom stereocenters.